The summed E-state index contributed by atoms with van der Waals surface area (Å²) in [6.07, 6.45) is 2.01. The third-order valence-corrected chi connectivity index (χ3v) is 6.05. The van der Waals surface area contributed by atoms with E-state index in [-0.39, 0.29) is 23.1 Å². The van der Waals surface area contributed by atoms with E-state index in [0.29, 0.717) is 6.61 Å². The molecule has 154 valence electrons. The van der Waals surface area contributed by atoms with Gasteiger partial charge in [0.1, 0.15) is 5.75 Å². The summed E-state index contributed by atoms with van der Waals surface area (Å²) in [5.41, 5.74) is 1.92. The van der Waals surface area contributed by atoms with Gasteiger partial charge in [-0.25, -0.2) is 0 Å². The van der Waals surface area contributed by atoms with E-state index in [4.69, 9.17) is 4.74 Å². The zero-order chi connectivity index (χ0) is 20.8. The van der Waals surface area contributed by atoms with Crippen LogP contribution in [0.3, 0.4) is 0 Å². The Labute approximate surface area is 176 Å². The lowest BCUT2D eigenvalue weighted by atomic mass is 10.0. The second-order valence-corrected chi connectivity index (χ2v) is 8.57. The van der Waals surface area contributed by atoms with Crippen LogP contribution in [0.2, 0.25) is 0 Å². The molecule has 2 unspecified atom stereocenters. The largest absolute Gasteiger partial charge is 0.494 e. The topological polar surface area (TPSA) is 58.6 Å². The third-order valence-electron chi connectivity index (χ3n) is 4.95. The number of carbonyl (C=O) groups excluding carboxylic acids is 2. The first-order valence-electron chi connectivity index (χ1n) is 10.1. The van der Waals surface area contributed by atoms with Gasteiger partial charge in [-0.1, -0.05) is 12.1 Å². The van der Waals surface area contributed by atoms with E-state index in [1.54, 1.807) is 11.8 Å². The Morgan fingerprint density at radius 3 is 2.48 bits per heavy atom. The molecule has 2 aromatic rings. The van der Waals surface area contributed by atoms with Crippen molar-refractivity contribution in [1.29, 1.82) is 0 Å². The first kappa shape index (κ1) is 21.2. The van der Waals surface area contributed by atoms with E-state index >= 15 is 0 Å². The van der Waals surface area contributed by atoms with Gasteiger partial charge in [0.15, 0.2) is 0 Å². The maximum absolute atomic E-state index is 13.1. The highest BCUT2D eigenvalue weighted by Gasteiger charge is 2.32. The fraction of sp³-hybridized carbons (Fsp3) is 0.391. The summed E-state index contributed by atoms with van der Waals surface area (Å²) >= 11 is 1.55. The van der Waals surface area contributed by atoms with Crippen LogP contribution in [0.15, 0.2) is 53.4 Å². The van der Waals surface area contributed by atoms with Crippen molar-refractivity contribution in [3.8, 4) is 5.75 Å². The number of ether oxygens (including phenoxy) is 1. The van der Waals surface area contributed by atoms with E-state index in [1.807, 2.05) is 55.1 Å². The van der Waals surface area contributed by atoms with Crippen molar-refractivity contribution in [2.75, 3.05) is 18.5 Å². The third kappa shape index (κ3) is 5.54. The van der Waals surface area contributed by atoms with Crippen molar-refractivity contribution in [3.63, 3.8) is 0 Å². The molecule has 29 heavy (non-hydrogen) atoms. The van der Waals surface area contributed by atoms with Crippen molar-refractivity contribution < 1.29 is 14.3 Å². The number of hydrogen-bond acceptors (Lipinski definition) is 4. The van der Waals surface area contributed by atoms with Gasteiger partial charge in [0, 0.05) is 24.1 Å². The summed E-state index contributed by atoms with van der Waals surface area (Å²) in [4.78, 5) is 27.3. The SMILES string of the molecule is CCOc1ccc(C2CCCN2C(=O)C(C)Sc2ccc(NC(C)=O)cc2)cc1. The number of benzene rings is 2. The fourth-order valence-electron chi connectivity index (χ4n) is 3.64. The maximum atomic E-state index is 13.1. The molecule has 1 fully saturated rings. The molecule has 2 atom stereocenters. The van der Waals surface area contributed by atoms with Crippen LogP contribution >= 0.6 is 11.8 Å². The molecule has 2 aromatic carbocycles. The van der Waals surface area contributed by atoms with Crippen LogP contribution in [0.1, 0.15) is 45.2 Å². The minimum atomic E-state index is -0.176. The molecular formula is C23H28N2O3S. The van der Waals surface area contributed by atoms with Crippen molar-refractivity contribution in [3.05, 3.63) is 54.1 Å². The number of amides is 2. The maximum Gasteiger partial charge on any atom is 0.236 e. The van der Waals surface area contributed by atoms with E-state index in [1.165, 1.54) is 6.92 Å². The van der Waals surface area contributed by atoms with Gasteiger partial charge in [0.05, 0.1) is 17.9 Å². The minimum Gasteiger partial charge on any atom is -0.494 e. The summed E-state index contributed by atoms with van der Waals surface area (Å²) in [7, 11) is 0. The standard InChI is InChI=1S/C23H28N2O3S/c1-4-28-20-11-7-18(8-12-20)22-6-5-15-25(22)23(27)16(2)29-21-13-9-19(10-14-21)24-17(3)26/h7-14,16,22H,4-6,15H2,1-3H3,(H,24,26). The van der Waals surface area contributed by atoms with Crippen molar-refractivity contribution in [1.82, 2.24) is 4.90 Å². The van der Waals surface area contributed by atoms with E-state index in [9.17, 15) is 9.59 Å². The molecule has 6 heteroatoms. The first-order chi connectivity index (χ1) is 14.0. The molecule has 0 saturated carbocycles. The van der Waals surface area contributed by atoms with Crippen LogP contribution < -0.4 is 10.1 Å². The second-order valence-electron chi connectivity index (χ2n) is 7.16. The van der Waals surface area contributed by atoms with Crippen LogP contribution in [0.4, 0.5) is 5.69 Å². The zero-order valence-electron chi connectivity index (χ0n) is 17.2. The van der Waals surface area contributed by atoms with Gasteiger partial charge < -0.3 is 15.0 Å². The Morgan fingerprint density at radius 2 is 1.86 bits per heavy atom. The lowest BCUT2D eigenvalue weighted by molar-refractivity contribution is -0.131. The van der Waals surface area contributed by atoms with Gasteiger partial charge in [0.25, 0.3) is 0 Å². The molecule has 5 nitrogen and oxygen atoms in total. The number of rotatable bonds is 7. The Bertz CT molecular complexity index is 836. The summed E-state index contributed by atoms with van der Waals surface area (Å²) in [6, 6.07) is 15.8. The number of nitrogens with one attached hydrogen (secondary N) is 1. The van der Waals surface area contributed by atoms with Gasteiger partial charge in [0.2, 0.25) is 11.8 Å². The van der Waals surface area contributed by atoms with Gasteiger partial charge in [-0.15, -0.1) is 11.8 Å². The highest BCUT2D eigenvalue weighted by atomic mass is 32.2. The molecule has 0 aromatic heterocycles. The number of likely N-dealkylation sites (tertiary alicyclic amines) is 1. The summed E-state index contributed by atoms with van der Waals surface area (Å²) in [6.45, 7) is 6.86. The number of hydrogen-bond donors (Lipinski definition) is 1. The van der Waals surface area contributed by atoms with Crippen LogP contribution in [0.25, 0.3) is 0 Å². The molecule has 2 amide bonds. The molecule has 1 aliphatic rings. The number of thioether (sulfide) groups is 1. The van der Waals surface area contributed by atoms with Crippen molar-refractivity contribution in [2.45, 2.75) is 49.8 Å². The normalized spacial score (nSPS) is 17.1. The molecule has 1 saturated heterocycles. The molecule has 1 heterocycles. The smallest absolute Gasteiger partial charge is 0.236 e. The molecule has 0 spiro atoms. The summed E-state index contributed by atoms with van der Waals surface area (Å²) < 4.78 is 5.52. The Kier molecular flexibility index (Phi) is 7.20. The van der Waals surface area contributed by atoms with Crippen LogP contribution in [0, 0.1) is 0 Å². The van der Waals surface area contributed by atoms with Gasteiger partial charge >= 0.3 is 0 Å². The van der Waals surface area contributed by atoms with Gasteiger partial charge in [-0.05, 0) is 68.7 Å². The van der Waals surface area contributed by atoms with Gasteiger partial charge in [-0.3, -0.25) is 9.59 Å². The average Bonchev–Trinajstić information content (AvgIpc) is 3.19. The van der Waals surface area contributed by atoms with Crippen LogP contribution in [0.5, 0.6) is 5.75 Å². The van der Waals surface area contributed by atoms with Crippen molar-refractivity contribution >= 4 is 29.3 Å². The molecule has 0 radical (unpaired) electrons. The highest BCUT2D eigenvalue weighted by Crippen LogP contribution is 2.35. The fourth-order valence-corrected chi connectivity index (χ4v) is 4.58. The molecule has 1 aliphatic heterocycles. The van der Waals surface area contributed by atoms with Crippen LogP contribution in [-0.4, -0.2) is 35.1 Å². The minimum absolute atomic E-state index is 0.0942. The Morgan fingerprint density at radius 1 is 1.17 bits per heavy atom. The van der Waals surface area contributed by atoms with Crippen molar-refractivity contribution in [2.24, 2.45) is 0 Å². The summed E-state index contributed by atoms with van der Waals surface area (Å²) in [5, 5.41) is 2.58. The Balaban J connectivity index is 1.64. The quantitative estimate of drug-likeness (QED) is 0.658. The Hall–Kier alpha value is -2.47. The van der Waals surface area contributed by atoms with E-state index in [0.717, 1.165) is 41.3 Å². The molecular weight excluding hydrogens is 384 g/mol. The van der Waals surface area contributed by atoms with Crippen LogP contribution in [-0.2, 0) is 9.59 Å². The second kappa shape index (κ2) is 9.83. The summed E-state index contributed by atoms with van der Waals surface area (Å²) in [5.74, 6) is 0.930. The molecule has 1 N–H and O–H groups in total. The molecule has 0 aliphatic carbocycles. The predicted octanol–water partition coefficient (Wildman–Crippen LogP) is 4.89. The first-order valence-corrected chi connectivity index (χ1v) is 10.9. The predicted molar refractivity (Wildman–Crippen MR) is 117 cm³/mol. The molecule has 0 bridgehead atoms. The lowest BCUT2D eigenvalue weighted by Crippen LogP contribution is -2.36. The van der Waals surface area contributed by atoms with E-state index in [2.05, 4.69) is 17.4 Å². The highest BCUT2D eigenvalue weighted by molar-refractivity contribution is 8.00. The molecule has 3 rings (SSSR count). The lowest BCUT2D eigenvalue weighted by Gasteiger charge is -2.28. The van der Waals surface area contributed by atoms with Gasteiger partial charge in [-0.2, -0.15) is 0 Å². The van der Waals surface area contributed by atoms with E-state index < -0.39 is 0 Å². The number of nitrogens with zero attached hydrogens (tertiary/aromatic N) is 1. The number of anilines is 1. The monoisotopic (exact) mass is 412 g/mol. The zero-order valence-corrected chi connectivity index (χ0v) is 18.0. The number of carbonyl (C=O) groups is 2. The average molecular weight is 413 g/mol.